The minimum absolute atomic E-state index is 0.161. The largest absolute Gasteiger partial charge is 0.465 e. The number of thioether (sulfide) groups is 1. The van der Waals surface area contributed by atoms with Gasteiger partial charge in [-0.1, -0.05) is 54.2 Å². The van der Waals surface area contributed by atoms with Crippen LogP contribution in [0, 0.1) is 11.6 Å². The van der Waals surface area contributed by atoms with Crippen LogP contribution in [0.2, 0.25) is 0 Å². The molecule has 0 atom stereocenters. The maximum Gasteiger partial charge on any atom is 0.337 e. The summed E-state index contributed by atoms with van der Waals surface area (Å²) in [4.78, 5) is 11.6. The molecule has 0 bridgehead atoms. The second kappa shape index (κ2) is 9.09. The van der Waals surface area contributed by atoms with E-state index in [1.807, 2.05) is 42.5 Å². The average molecular weight is 437 g/mol. The Labute approximate surface area is 181 Å². The van der Waals surface area contributed by atoms with E-state index in [1.165, 1.54) is 31.0 Å². The lowest BCUT2D eigenvalue weighted by Gasteiger charge is -2.11. The van der Waals surface area contributed by atoms with Crippen LogP contribution >= 0.6 is 11.8 Å². The zero-order valence-electron chi connectivity index (χ0n) is 16.5. The third kappa shape index (κ3) is 4.49. The Morgan fingerprint density at radius 2 is 1.74 bits per heavy atom. The van der Waals surface area contributed by atoms with Crippen LogP contribution in [0.15, 0.2) is 78.0 Å². The molecule has 4 rings (SSSR count). The molecule has 0 radical (unpaired) electrons. The van der Waals surface area contributed by atoms with Crippen molar-refractivity contribution >= 4 is 17.7 Å². The predicted octanol–water partition coefficient (Wildman–Crippen LogP) is 5.29. The van der Waals surface area contributed by atoms with Gasteiger partial charge >= 0.3 is 5.97 Å². The summed E-state index contributed by atoms with van der Waals surface area (Å²) >= 11 is 1.36. The Morgan fingerprint density at radius 3 is 2.42 bits per heavy atom. The first-order chi connectivity index (χ1) is 15.1. The van der Waals surface area contributed by atoms with Crippen molar-refractivity contribution in [3.63, 3.8) is 0 Å². The Hall–Kier alpha value is -3.52. The van der Waals surface area contributed by atoms with Gasteiger partial charge < -0.3 is 4.74 Å². The molecule has 156 valence electrons. The SMILES string of the molecule is COC(=O)c1ccc(CSc2nnc(-c3ccccc3)n2-c2ccc(F)cc2F)cc1. The molecule has 0 aliphatic rings. The number of methoxy groups -OCH3 is 1. The van der Waals surface area contributed by atoms with Crippen LogP contribution in [0.4, 0.5) is 8.78 Å². The van der Waals surface area contributed by atoms with Crippen molar-refractivity contribution in [2.24, 2.45) is 0 Å². The van der Waals surface area contributed by atoms with E-state index in [9.17, 15) is 13.6 Å². The van der Waals surface area contributed by atoms with E-state index >= 15 is 0 Å². The maximum absolute atomic E-state index is 14.6. The normalized spacial score (nSPS) is 10.8. The lowest BCUT2D eigenvalue weighted by Crippen LogP contribution is -2.03. The van der Waals surface area contributed by atoms with Crippen LogP contribution in [0.1, 0.15) is 15.9 Å². The molecule has 0 fully saturated rings. The summed E-state index contributed by atoms with van der Waals surface area (Å²) in [6.45, 7) is 0. The van der Waals surface area contributed by atoms with Crippen molar-refractivity contribution in [3.8, 4) is 17.1 Å². The van der Waals surface area contributed by atoms with Crippen LogP contribution in [-0.2, 0) is 10.5 Å². The highest BCUT2D eigenvalue weighted by atomic mass is 32.2. The highest BCUT2D eigenvalue weighted by molar-refractivity contribution is 7.98. The van der Waals surface area contributed by atoms with Crippen LogP contribution in [0.25, 0.3) is 17.1 Å². The highest BCUT2D eigenvalue weighted by Gasteiger charge is 2.19. The summed E-state index contributed by atoms with van der Waals surface area (Å²) in [6, 6.07) is 19.7. The van der Waals surface area contributed by atoms with Gasteiger partial charge in [-0.15, -0.1) is 10.2 Å². The van der Waals surface area contributed by atoms with Crippen LogP contribution in [0.5, 0.6) is 0 Å². The number of ether oxygens (including phenoxy) is 1. The van der Waals surface area contributed by atoms with Crippen LogP contribution < -0.4 is 0 Å². The minimum atomic E-state index is -0.707. The van der Waals surface area contributed by atoms with Crippen molar-refractivity contribution in [2.45, 2.75) is 10.9 Å². The summed E-state index contributed by atoms with van der Waals surface area (Å²) < 4.78 is 34.4. The summed E-state index contributed by atoms with van der Waals surface area (Å²) in [6.07, 6.45) is 0. The number of carbonyl (C=O) groups excluding carboxylic acids is 1. The fourth-order valence-corrected chi connectivity index (χ4v) is 3.92. The van der Waals surface area contributed by atoms with Gasteiger partial charge in [-0.2, -0.15) is 0 Å². The van der Waals surface area contributed by atoms with E-state index in [2.05, 4.69) is 10.2 Å². The van der Waals surface area contributed by atoms with Gasteiger partial charge in [0.05, 0.1) is 18.4 Å². The number of esters is 1. The third-order valence-corrected chi connectivity index (χ3v) is 5.56. The molecular weight excluding hydrogens is 420 g/mol. The van der Waals surface area contributed by atoms with E-state index in [4.69, 9.17) is 4.74 Å². The number of hydrogen-bond donors (Lipinski definition) is 0. The quantitative estimate of drug-likeness (QED) is 0.303. The van der Waals surface area contributed by atoms with Gasteiger partial charge in [0.25, 0.3) is 0 Å². The van der Waals surface area contributed by atoms with Crippen molar-refractivity contribution in [2.75, 3.05) is 7.11 Å². The molecule has 0 aliphatic heterocycles. The first-order valence-corrected chi connectivity index (χ1v) is 10.3. The number of carbonyl (C=O) groups is 1. The Bertz CT molecular complexity index is 1210. The first-order valence-electron chi connectivity index (χ1n) is 9.33. The van der Waals surface area contributed by atoms with Crippen molar-refractivity contribution in [1.29, 1.82) is 0 Å². The number of rotatable bonds is 6. The van der Waals surface area contributed by atoms with Crippen molar-refractivity contribution in [1.82, 2.24) is 14.8 Å². The van der Waals surface area contributed by atoms with Gasteiger partial charge in [0.15, 0.2) is 11.0 Å². The van der Waals surface area contributed by atoms with Crippen molar-refractivity contribution < 1.29 is 18.3 Å². The van der Waals surface area contributed by atoms with Crippen LogP contribution in [-0.4, -0.2) is 27.8 Å². The second-order valence-electron chi connectivity index (χ2n) is 6.58. The standard InChI is InChI=1S/C23H17F2N3O2S/c1-30-22(29)17-9-7-15(8-10-17)14-31-23-27-26-21(16-5-3-2-4-6-16)28(23)20-12-11-18(24)13-19(20)25/h2-13H,14H2,1H3. The minimum Gasteiger partial charge on any atom is -0.465 e. The number of halogens is 2. The molecule has 8 heteroatoms. The molecule has 0 saturated carbocycles. The number of aromatic nitrogens is 3. The van der Waals surface area contributed by atoms with Gasteiger partial charge in [-0.3, -0.25) is 4.57 Å². The molecule has 0 aliphatic carbocycles. The number of nitrogens with zero attached hydrogens (tertiary/aromatic N) is 3. The molecule has 0 amide bonds. The van der Waals surface area contributed by atoms with Crippen molar-refractivity contribution in [3.05, 3.63) is 95.6 Å². The molecule has 0 spiro atoms. The molecular formula is C23H17F2N3O2S. The predicted molar refractivity (Wildman–Crippen MR) is 114 cm³/mol. The van der Waals surface area contributed by atoms with Crippen LogP contribution in [0.3, 0.4) is 0 Å². The van der Waals surface area contributed by atoms with Gasteiger partial charge in [0, 0.05) is 17.4 Å². The van der Waals surface area contributed by atoms with E-state index < -0.39 is 17.6 Å². The highest BCUT2D eigenvalue weighted by Crippen LogP contribution is 2.31. The monoisotopic (exact) mass is 437 g/mol. The van der Waals surface area contributed by atoms with E-state index in [-0.39, 0.29) is 5.69 Å². The fourth-order valence-electron chi connectivity index (χ4n) is 3.02. The Kier molecular flexibility index (Phi) is 6.08. The maximum atomic E-state index is 14.6. The molecule has 1 aromatic heterocycles. The van der Waals surface area contributed by atoms with E-state index in [0.717, 1.165) is 17.2 Å². The van der Waals surface area contributed by atoms with Gasteiger partial charge in [0.2, 0.25) is 0 Å². The molecule has 3 aromatic carbocycles. The summed E-state index contributed by atoms with van der Waals surface area (Å²) in [7, 11) is 1.33. The molecule has 0 saturated heterocycles. The molecule has 4 aromatic rings. The third-order valence-electron chi connectivity index (χ3n) is 4.56. The lowest BCUT2D eigenvalue weighted by atomic mass is 10.1. The summed E-state index contributed by atoms with van der Waals surface area (Å²) in [5.41, 5.74) is 2.31. The van der Waals surface area contributed by atoms with Gasteiger partial charge in [-0.05, 0) is 29.8 Å². The molecule has 0 N–H and O–H groups in total. The average Bonchev–Trinajstić information content (AvgIpc) is 3.22. The second-order valence-corrected chi connectivity index (χ2v) is 7.52. The van der Waals surface area contributed by atoms with E-state index in [0.29, 0.717) is 22.3 Å². The van der Waals surface area contributed by atoms with E-state index in [1.54, 1.807) is 16.7 Å². The zero-order valence-corrected chi connectivity index (χ0v) is 17.3. The van der Waals surface area contributed by atoms with Gasteiger partial charge in [0.1, 0.15) is 11.6 Å². The zero-order chi connectivity index (χ0) is 21.8. The molecule has 31 heavy (non-hydrogen) atoms. The Morgan fingerprint density at radius 1 is 1.00 bits per heavy atom. The number of benzene rings is 3. The first kappa shape index (κ1) is 20.7. The summed E-state index contributed by atoms with van der Waals surface area (Å²) in [5.74, 6) is -0.804. The summed E-state index contributed by atoms with van der Waals surface area (Å²) in [5, 5.41) is 8.97. The topological polar surface area (TPSA) is 57.0 Å². The molecule has 5 nitrogen and oxygen atoms in total. The van der Waals surface area contributed by atoms with Gasteiger partial charge in [-0.25, -0.2) is 13.6 Å². The molecule has 1 heterocycles. The fraction of sp³-hybridized carbons (Fsp3) is 0.0870. The number of hydrogen-bond acceptors (Lipinski definition) is 5. The lowest BCUT2D eigenvalue weighted by molar-refractivity contribution is 0.0600. The smallest absolute Gasteiger partial charge is 0.337 e. The molecule has 0 unspecified atom stereocenters. The Balaban J connectivity index is 1.68.